The highest BCUT2D eigenvalue weighted by molar-refractivity contribution is 5.95. The molecule has 1 aliphatic heterocycles. The van der Waals surface area contributed by atoms with Gasteiger partial charge >= 0.3 is 12.1 Å². The summed E-state index contributed by atoms with van der Waals surface area (Å²) in [7, 11) is 0. The summed E-state index contributed by atoms with van der Waals surface area (Å²) in [6.45, 7) is 3.02. The summed E-state index contributed by atoms with van der Waals surface area (Å²) in [5, 5.41) is 7.52. The highest BCUT2D eigenvalue weighted by Crippen LogP contribution is 2.20. The van der Waals surface area contributed by atoms with E-state index in [2.05, 4.69) is 0 Å². The zero-order valence-electron chi connectivity index (χ0n) is 17.9. The Morgan fingerprint density at radius 2 is 1.97 bits per heavy atom. The van der Waals surface area contributed by atoms with Gasteiger partial charge in [0.1, 0.15) is 24.8 Å². The van der Waals surface area contributed by atoms with E-state index in [9.17, 15) is 9.59 Å². The second kappa shape index (κ2) is 12.0. The topological polar surface area (TPSA) is 115 Å². The molecule has 1 fully saturated rings. The Hall–Kier alpha value is -3.26. The number of nitrogens with one attached hydrogen (secondary N) is 1. The van der Waals surface area contributed by atoms with Crippen LogP contribution in [-0.4, -0.2) is 48.6 Å². The number of hydrogen-bond acceptors (Lipinski definition) is 6. The van der Waals surface area contributed by atoms with Crippen molar-refractivity contribution in [3.8, 4) is 5.75 Å². The molecule has 2 aromatic rings. The van der Waals surface area contributed by atoms with Crippen LogP contribution in [0.2, 0.25) is 0 Å². The van der Waals surface area contributed by atoms with E-state index >= 15 is 0 Å². The lowest BCUT2D eigenvalue weighted by molar-refractivity contribution is -0.143. The molecule has 32 heavy (non-hydrogen) atoms. The van der Waals surface area contributed by atoms with Crippen molar-refractivity contribution in [2.75, 3.05) is 19.8 Å². The van der Waals surface area contributed by atoms with Gasteiger partial charge in [-0.3, -0.25) is 10.2 Å². The standard InChI is InChI=1S/C23H27N3O5.ClH/c1-2-29-21(27)10-11-26-19(15-31-23(26)28)13-16-6-8-20(9-7-16)30-14-17-4-3-5-18(12-17)22(24)25;/h3-9,12,19H,2,10-11,13-15H2,1H3,(H3,24,25);1H/t19-;/m0./s1. The zero-order valence-corrected chi connectivity index (χ0v) is 18.7. The average Bonchev–Trinajstić information content (AvgIpc) is 3.11. The molecule has 0 aliphatic carbocycles. The Kier molecular flexibility index (Phi) is 9.34. The predicted molar refractivity (Wildman–Crippen MR) is 122 cm³/mol. The van der Waals surface area contributed by atoms with Crippen LogP contribution in [0.5, 0.6) is 5.75 Å². The summed E-state index contributed by atoms with van der Waals surface area (Å²) < 4.78 is 15.9. The van der Waals surface area contributed by atoms with Crippen LogP contribution in [0.3, 0.4) is 0 Å². The molecule has 0 saturated carbocycles. The van der Waals surface area contributed by atoms with Gasteiger partial charge in [-0.2, -0.15) is 0 Å². The number of amides is 1. The van der Waals surface area contributed by atoms with Gasteiger partial charge in [-0.15, -0.1) is 12.4 Å². The Bertz CT molecular complexity index is 935. The van der Waals surface area contributed by atoms with Crippen molar-refractivity contribution in [2.45, 2.75) is 32.4 Å². The molecule has 1 heterocycles. The normalized spacial score (nSPS) is 15.0. The number of carbonyl (C=O) groups is 2. The van der Waals surface area contributed by atoms with E-state index in [1.54, 1.807) is 17.9 Å². The van der Waals surface area contributed by atoms with E-state index in [4.69, 9.17) is 25.4 Å². The fraction of sp³-hybridized carbons (Fsp3) is 0.348. The number of benzene rings is 2. The van der Waals surface area contributed by atoms with E-state index in [0.29, 0.717) is 31.8 Å². The molecule has 9 heteroatoms. The van der Waals surface area contributed by atoms with Crippen LogP contribution in [0.4, 0.5) is 4.79 Å². The molecule has 3 N–H and O–H groups in total. The monoisotopic (exact) mass is 461 g/mol. The van der Waals surface area contributed by atoms with Gasteiger partial charge in [-0.25, -0.2) is 4.79 Å². The quantitative estimate of drug-likeness (QED) is 0.318. The molecule has 1 amide bonds. The number of nitrogen functional groups attached to an aromatic ring is 1. The first kappa shape index (κ1) is 25.0. The van der Waals surface area contributed by atoms with Crippen molar-refractivity contribution in [1.29, 1.82) is 5.41 Å². The minimum Gasteiger partial charge on any atom is -0.489 e. The molecular weight excluding hydrogens is 434 g/mol. The molecule has 1 saturated heterocycles. The lowest BCUT2D eigenvalue weighted by Crippen LogP contribution is -2.36. The second-order valence-corrected chi connectivity index (χ2v) is 7.23. The van der Waals surface area contributed by atoms with Gasteiger partial charge in [0.2, 0.25) is 0 Å². The molecule has 0 aromatic heterocycles. The van der Waals surface area contributed by atoms with Crippen LogP contribution in [-0.2, 0) is 27.3 Å². The van der Waals surface area contributed by atoms with E-state index in [1.807, 2.05) is 42.5 Å². The molecule has 0 spiro atoms. The average molecular weight is 462 g/mol. The molecule has 1 atom stereocenters. The summed E-state index contributed by atoms with van der Waals surface area (Å²) in [6, 6.07) is 14.9. The summed E-state index contributed by atoms with van der Waals surface area (Å²) in [5.41, 5.74) is 8.15. The lowest BCUT2D eigenvalue weighted by atomic mass is 10.1. The SMILES string of the molecule is CCOC(=O)CCN1C(=O)OC[C@@H]1Cc1ccc(OCc2cccc(C(=N)N)c2)cc1.Cl. The van der Waals surface area contributed by atoms with E-state index in [0.717, 1.165) is 16.9 Å². The second-order valence-electron chi connectivity index (χ2n) is 7.23. The zero-order chi connectivity index (χ0) is 22.2. The van der Waals surface area contributed by atoms with E-state index in [-0.39, 0.29) is 43.2 Å². The van der Waals surface area contributed by atoms with Crippen LogP contribution in [0.15, 0.2) is 48.5 Å². The van der Waals surface area contributed by atoms with Crippen molar-refractivity contribution in [1.82, 2.24) is 4.90 Å². The lowest BCUT2D eigenvalue weighted by Gasteiger charge is -2.21. The van der Waals surface area contributed by atoms with Crippen LogP contribution < -0.4 is 10.5 Å². The minimum atomic E-state index is -0.401. The first-order chi connectivity index (χ1) is 15.0. The molecule has 8 nitrogen and oxygen atoms in total. The first-order valence-electron chi connectivity index (χ1n) is 10.2. The number of nitrogens with zero attached hydrogens (tertiary/aromatic N) is 1. The number of cyclic esters (lactones) is 1. The van der Waals surface area contributed by atoms with Crippen molar-refractivity contribution in [2.24, 2.45) is 5.73 Å². The highest BCUT2D eigenvalue weighted by Gasteiger charge is 2.33. The number of halogens is 1. The van der Waals surface area contributed by atoms with Crippen LogP contribution in [0, 0.1) is 5.41 Å². The van der Waals surface area contributed by atoms with Crippen molar-refractivity contribution in [3.63, 3.8) is 0 Å². The van der Waals surface area contributed by atoms with Gasteiger partial charge in [-0.05, 0) is 42.7 Å². The summed E-state index contributed by atoms with van der Waals surface area (Å²) in [5.74, 6) is 0.420. The van der Waals surface area contributed by atoms with Crippen molar-refractivity contribution >= 4 is 30.3 Å². The summed E-state index contributed by atoms with van der Waals surface area (Å²) >= 11 is 0. The van der Waals surface area contributed by atoms with Crippen molar-refractivity contribution in [3.05, 3.63) is 65.2 Å². The Morgan fingerprint density at radius 3 is 2.66 bits per heavy atom. The minimum absolute atomic E-state index is 0. The number of rotatable bonds is 10. The Morgan fingerprint density at radius 1 is 1.22 bits per heavy atom. The molecule has 3 rings (SSSR count). The van der Waals surface area contributed by atoms with Gasteiger partial charge in [0.05, 0.1) is 19.1 Å². The molecule has 2 aromatic carbocycles. The maximum atomic E-state index is 12.0. The molecule has 0 radical (unpaired) electrons. The third-order valence-electron chi connectivity index (χ3n) is 4.97. The first-order valence-corrected chi connectivity index (χ1v) is 10.2. The molecule has 172 valence electrons. The molecular formula is C23H28ClN3O5. The Labute approximate surface area is 193 Å². The number of esters is 1. The molecule has 0 unspecified atom stereocenters. The van der Waals surface area contributed by atoms with Gasteiger partial charge in [0.25, 0.3) is 0 Å². The number of hydrogen-bond donors (Lipinski definition) is 2. The number of nitrogens with two attached hydrogens (primary N) is 1. The predicted octanol–water partition coefficient (Wildman–Crippen LogP) is 3.29. The van der Waals surface area contributed by atoms with Gasteiger partial charge in [0, 0.05) is 12.1 Å². The van der Waals surface area contributed by atoms with E-state index < -0.39 is 6.09 Å². The fourth-order valence-corrected chi connectivity index (χ4v) is 3.37. The van der Waals surface area contributed by atoms with Gasteiger partial charge < -0.3 is 24.8 Å². The Balaban J connectivity index is 0.00000363. The van der Waals surface area contributed by atoms with Crippen molar-refractivity contribution < 1.29 is 23.8 Å². The third-order valence-corrected chi connectivity index (χ3v) is 4.97. The van der Waals surface area contributed by atoms with Crippen LogP contribution in [0.25, 0.3) is 0 Å². The summed E-state index contributed by atoms with van der Waals surface area (Å²) in [6.07, 6.45) is 0.369. The molecule has 0 bridgehead atoms. The smallest absolute Gasteiger partial charge is 0.410 e. The van der Waals surface area contributed by atoms with Gasteiger partial charge in [-0.1, -0.05) is 30.3 Å². The van der Waals surface area contributed by atoms with Crippen LogP contribution >= 0.6 is 12.4 Å². The maximum Gasteiger partial charge on any atom is 0.410 e. The van der Waals surface area contributed by atoms with Gasteiger partial charge in [0.15, 0.2) is 0 Å². The maximum absolute atomic E-state index is 12.0. The third kappa shape index (κ3) is 6.88. The molecule has 1 aliphatic rings. The summed E-state index contributed by atoms with van der Waals surface area (Å²) in [4.78, 5) is 25.2. The largest absolute Gasteiger partial charge is 0.489 e. The van der Waals surface area contributed by atoms with Crippen LogP contribution in [0.1, 0.15) is 30.0 Å². The number of ether oxygens (including phenoxy) is 3. The number of carbonyl (C=O) groups excluding carboxylic acids is 2. The fourth-order valence-electron chi connectivity index (χ4n) is 3.37. The number of amidine groups is 1. The van der Waals surface area contributed by atoms with E-state index in [1.165, 1.54) is 0 Å². The highest BCUT2D eigenvalue weighted by atomic mass is 35.5.